The van der Waals surface area contributed by atoms with E-state index in [1.165, 1.54) is 12.1 Å². The van der Waals surface area contributed by atoms with Crippen LogP contribution in [0.2, 0.25) is 10.0 Å². The van der Waals surface area contributed by atoms with Crippen molar-refractivity contribution in [3.05, 3.63) is 62.1 Å². The highest BCUT2D eigenvalue weighted by molar-refractivity contribution is 6.42. The summed E-state index contributed by atoms with van der Waals surface area (Å²) < 4.78 is 0. The molecule has 21 heavy (non-hydrogen) atoms. The molecule has 0 aliphatic rings. The largest absolute Gasteiger partial charge is 0.508 e. The Kier molecular flexibility index (Phi) is 4.88. The van der Waals surface area contributed by atoms with Crippen molar-refractivity contribution in [3.8, 4) is 5.75 Å². The number of hydrogen-bond donors (Lipinski definition) is 2. The van der Waals surface area contributed by atoms with Gasteiger partial charge in [0.1, 0.15) is 11.4 Å². The van der Waals surface area contributed by atoms with Gasteiger partial charge in [-0.05, 0) is 30.2 Å². The Morgan fingerprint density at radius 2 is 1.76 bits per heavy atom. The summed E-state index contributed by atoms with van der Waals surface area (Å²) in [5.41, 5.74) is 1.21. The van der Waals surface area contributed by atoms with Crippen LogP contribution in [0.25, 0.3) is 0 Å². The van der Waals surface area contributed by atoms with Crippen molar-refractivity contribution in [3.63, 3.8) is 0 Å². The number of phenolic OH excluding ortho intramolecular Hbond substituents is 1. The average molecular weight is 327 g/mol. The molecule has 7 heteroatoms. The van der Waals surface area contributed by atoms with Gasteiger partial charge < -0.3 is 10.4 Å². The first kappa shape index (κ1) is 15.4. The molecule has 0 heterocycles. The third kappa shape index (κ3) is 4.00. The number of aromatic hydroxyl groups is 1. The molecule has 2 aromatic carbocycles. The van der Waals surface area contributed by atoms with Crippen molar-refractivity contribution in [1.29, 1.82) is 0 Å². The lowest BCUT2D eigenvalue weighted by atomic mass is 10.1. The first-order chi connectivity index (χ1) is 9.97. The molecule has 2 N–H and O–H groups in total. The molecular weight excluding hydrogens is 315 g/mol. The Morgan fingerprint density at radius 1 is 1.14 bits per heavy atom. The van der Waals surface area contributed by atoms with Gasteiger partial charge in [0.25, 0.3) is 5.69 Å². The second-order valence-electron chi connectivity index (χ2n) is 4.38. The molecule has 2 rings (SSSR count). The van der Waals surface area contributed by atoms with E-state index in [0.29, 0.717) is 18.7 Å². The van der Waals surface area contributed by atoms with Crippen LogP contribution in [0.1, 0.15) is 5.56 Å². The molecular formula is C14H12Cl2N2O3. The Hall–Kier alpha value is -1.98. The average Bonchev–Trinajstić information content (AvgIpc) is 2.44. The van der Waals surface area contributed by atoms with Crippen molar-refractivity contribution in [2.24, 2.45) is 0 Å². The second kappa shape index (κ2) is 6.65. The second-order valence-corrected chi connectivity index (χ2v) is 5.20. The smallest absolute Gasteiger partial charge is 0.293 e. The summed E-state index contributed by atoms with van der Waals surface area (Å²) in [6.07, 6.45) is 0.650. The first-order valence-electron chi connectivity index (χ1n) is 6.12. The summed E-state index contributed by atoms with van der Waals surface area (Å²) in [4.78, 5) is 10.5. The predicted octanol–water partition coefficient (Wildman–Crippen LogP) is 4.26. The molecule has 0 radical (unpaired) electrons. The van der Waals surface area contributed by atoms with Gasteiger partial charge in [0.2, 0.25) is 0 Å². The SMILES string of the molecule is O=[N+]([O-])c1cc(Cl)c(Cl)cc1NCCc1ccc(O)cc1. The molecule has 5 nitrogen and oxygen atoms in total. The van der Waals surface area contributed by atoms with Crippen LogP contribution in [0.5, 0.6) is 5.75 Å². The summed E-state index contributed by atoms with van der Waals surface area (Å²) in [7, 11) is 0. The van der Waals surface area contributed by atoms with Gasteiger partial charge in [-0.1, -0.05) is 35.3 Å². The quantitative estimate of drug-likeness (QED) is 0.635. The van der Waals surface area contributed by atoms with Gasteiger partial charge in [0.15, 0.2) is 0 Å². The zero-order valence-electron chi connectivity index (χ0n) is 10.8. The number of hydrogen-bond acceptors (Lipinski definition) is 4. The monoisotopic (exact) mass is 326 g/mol. The van der Waals surface area contributed by atoms with Gasteiger partial charge in [-0.3, -0.25) is 10.1 Å². The lowest BCUT2D eigenvalue weighted by molar-refractivity contribution is -0.383. The fourth-order valence-corrected chi connectivity index (χ4v) is 2.15. The Labute approximate surface area is 131 Å². The minimum Gasteiger partial charge on any atom is -0.508 e. The molecule has 0 aliphatic heterocycles. The molecule has 0 aromatic heterocycles. The number of nitrogens with zero attached hydrogens (tertiary/aromatic N) is 1. The van der Waals surface area contributed by atoms with Gasteiger partial charge in [-0.25, -0.2) is 0 Å². The van der Waals surface area contributed by atoms with E-state index in [2.05, 4.69) is 5.32 Å². The molecule has 110 valence electrons. The van der Waals surface area contributed by atoms with Crippen LogP contribution in [0.3, 0.4) is 0 Å². The van der Waals surface area contributed by atoms with Crippen LogP contribution < -0.4 is 5.32 Å². The van der Waals surface area contributed by atoms with Crippen molar-refractivity contribution >= 4 is 34.6 Å². The lowest BCUT2D eigenvalue weighted by Crippen LogP contribution is -2.07. The van der Waals surface area contributed by atoms with Crippen LogP contribution >= 0.6 is 23.2 Å². The van der Waals surface area contributed by atoms with E-state index in [0.717, 1.165) is 5.56 Å². The molecule has 0 aliphatic carbocycles. The van der Waals surface area contributed by atoms with Gasteiger partial charge in [0.05, 0.1) is 15.0 Å². The number of nitro benzene ring substituents is 1. The molecule has 0 spiro atoms. The maximum Gasteiger partial charge on any atom is 0.293 e. The number of nitrogens with one attached hydrogen (secondary N) is 1. The van der Waals surface area contributed by atoms with E-state index in [9.17, 15) is 15.2 Å². The molecule has 0 fully saturated rings. The number of halogens is 2. The number of benzene rings is 2. The fraction of sp³-hybridized carbons (Fsp3) is 0.143. The van der Waals surface area contributed by atoms with E-state index in [1.807, 2.05) is 0 Å². The topological polar surface area (TPSA) is 75.4 Å². The molecule has 0 saturated carbocycles. The molecule has 0 amide bonds. The maximum absolute atomic E-state index is 11.0. The number of rotatable bonds is 5. The normalized spacial score (nSPS) is 10.4. The van der Waals surface area contributed by atoms with Crippen molar-refractivity contribution in [1.82, 2.24) is 0 Å². The van der Waals surface area contributed by atoms with E-state index < -0.39 is 4.92 Å². The van der Waals surface area contributed by atoms with Gasteiger partial charge in [-0.2, -0.15) is 0 Å². The summed E-state index contributed by atoms with van der Waals surface area (Å²) in [5, 5.41) is 23.6. The Morgan fingerprint density at radius 3 is 2.38 bits per heavy atom. The summed E-state index contributed by atoms with van der Waals surface area (Å²) in [6, 6.07) is 9.44. The van der Waals surface area contributed by atoms with E-state index in [-0.39, 0.29) is 21.5 Å². The molecule has 0 unspecified atom stereocenters. The van der Waals surface area contributed by atoms with Crippen LogP contribution in [-0.4, -0.2) is 16.6 Å². The van der Waals surface area contributed by atoms with Crippen LogP contribution in [0.4, 0.5) is 11.4 Å². The zero-order chi connectivity index (χ0) is 15.4. The Bertz CT molecular complexity index is 660. The van der Waals surface area contributed by atoms with Crippen LogP contribution in [0, 0.1) is 10.1 Å². The lowest BCUT2D eigenvalue weighted by Gasteiger charge is -2.08. The Balaban J connectivity index is 2.07. The molecule has 2 aromatic rings. The van der Waals surface area contributed by atoms with E-state index in [4.69, 9.17) is 23.2 Å². The molecule has 0 bridgehead atoms. The zero-order valence-corrected chi connectivity index (χ0v) is 12.4. The minimum absolute atomic E-state index is 0.116. The number of phenols is 1. The standard InChI is InChI=1S/C14H12Cl2N2O3/c15-11-7-13(14(18(20)21)8-12(11)16)17-6-5-9-1-3-10(19)4-2-9/h1-4,7-8,17,19H,5-6H2. The van der Waals surface area contributed by atoms with E-state index >= 15 is 0 Å². The predicted molar refractivity (Wildman–Crippen MR) is 83.4 cm³/mol. The van der Waals surface area contributed by atoms with Gasteiger partial charge in [0, 0.05) is 12.6 Å². The number of nitro groups is 1. The van der Waals surface area contributed by atoms with E-state index in [1.54, 1.807) is 24.3 Å². The minimum atomic E-state index is -0.509. The summed E-state index contributed by atoms with van der Waals surface area (Å²) in [5.74, 6) is 0.201. The first-order valence-corrected chi connectivity index (χ1v) is 6.88. The number of anilines is 1. The van der Waals surface area contributed by atoms with Gasteiger partial charge >= 0.3 is 0 Å². The fourth-order valence-electron chi connectivity index (χ4n) is 1.83. The third-order valence-electron chi connectivity index (χ3n) is 2.90. The van der Waals surface area contributed by atoms with Crippen molar-refractivity contribution in [2.75, 3.05) is 11.9 Å². The van der Waals surface area contributed by atoms with Crippen LogP contribution in [-0.2, 0) is 6.42 Å². The highest BCUT2D eigenvalue weighted by atomic mass is 35.5. The van der Waals surface area contributed by atoms with Gasteiger partial charge in [-0.15, -0.1) is 0 Å². The molecule has 0 saturated heterocycles. The third-order valence-corrected chi connectivity index (χ3v) is 3.62. The highest BCUT2D eigenvalue weighted by Crippen LogP contribution is 2.33. The van der Waals surface area contributed by atoms with Crippen LogP contribution in [0.15, 0.2) is 36.4 Å². The maximum atomic E-state index is 11.0. The molecule has 0 atom stereocenters. The summed E-state index contributed by atoms with van der Waals surface area (Å²) in [6.45, 7) is 0.490. The highest BCUT2D eigenvalue weighted by Gasteiger charge is 2.16. The van der Waals surface area contributed by atoms with Crippen molar-refractivity contribution in [2.45, 2.75) is 6.42 Å². The van der Waals surface area contributed by atoms with Crippen molar-refractivity contribution < 1.29 is 10.0 Å². The summed E-state index contributed by atoms with van der Waals surface area (Å²) >= 11 is 11.7.